The van der Waals surface area contributed by atoms with Crippen molar-refractivity contribution in [2.75, 3.05) is 17.0 Å². The summed E-state index contributed by atoms with van der Waals surface area (Å²) in [5.74, 6) is 0.278. The zero-order valence-corrected chi connectivity index (χ0v) is 40.4. The average molecular weight is 1050 g/mol. The number of para-hydroxylation sites is 2. The lowest BCUT2D eigenvalue weighted by molar-refractivity contribution is -0.136. The summed E-state index contributed by atoms with van der Waals surface area (Å²) in [6.07, 6.45) is -0.501. The number of halogens is 4. The fourth-order valence-corrected chi connectivity index (χ4v) is 9.13. The molecule has 7 N–H and O–H groups in total. The zero-order chi connectivity index (χ0) is 50.0. The van der Waals surface area contributed by atoms with E-state index in [0.29, 0.717) is 84.1 Å². The first kappa shape index (κ1) is 48.6. The van der Waals surface area contributed by atoms with Gasteiger partial charge in [0.2, 0.25) is 0 Å². The molecule has 2 amide bonds. The Hall–Kier alpha value is -7.40. The summed E-state index contributed by atoms with van der Waals surface area (Å²) in [6.45, 7) is 0. The largest absolute Gasteiger partial charge is 0.481 e. The number of carbonyl (C=O) groups is 3. The van der Waals surface area contributed by atoms with Crippen molar-refractivity contribution in [3.63, 3.8) is 0 Å². The molecule has 0 aliphatic carbocycles. The molecule has 0 saturated carbocycles. The summed E-state index contributed by atoms with van der Waals surface area (Å²) in [4.78, 5) is 78.8. The number of hydrogen-bond donors (Lipinski definition) is 7. The highest BCUT2D eigenvalue weighted by Crippen LogP contribution is 2.40. The van der Waals surface area contributed by atoms with Crippen molar-refractivity contribution in [1.82, 2.24) is 29.9 Å². The number of aryl methyl sites for hydroxylation is 1. The molecule has 0 bridgehead atoms. The first-order valence-electron chi connectivity index (χ1n) is 21.2. The molecule has 10 aromatic rings. The molecule has 0 radical (unpaired) electrons. The summed E-state index contributed by atoms with van der Waals surface area (Å²) in [6, 6.07) is 38.9. The minimum absolute atomic E-state index is 0.0177. The minimum Gasteiger partial charge on any atom is -0.481 e. The number of fused-ring (bicyclic) bond motifs is 4. The Morgan fingerprint density at radius 1 is 0.563 bits per heavy atom. The molecule has 6 aromatic carbocycles. The topological polar surface area (TPSA) is 245 Å². The number of nitrogens with zero attached hydrogens (tertiary/aromatic N) is 4. The lowest BCUT2D eigenvalue weighted by atomic mass is 10.1. The maximum Gasteiger partial charge on any atom is 0.362 e. The van der Waals surface area contributed by atoms with E-state index >= 15 is 0 Å². The molecule has 0 unspecified atom stereocenters. The van der Waals surface area contributed by atoms with E-state index in [2.05, 4.69) is 40.5 Å². The van der Waals surface area contributed by atoms with Crippen molar-refractivity contribution >= 4 is 127 Å². The molecular formula is C50H35Cl4N8O8P. The van der Waals surface area contributed by atoms with Crippen LogP contribution < -0.4 is 15.4 Å². The minimum atomic E-state index is -4.36. The molecule has 71 heavy (non-hydrogen) atoms. The number of carboxylic acids is 1. The Morgan fingerprint density at radius 3 is 1.46 bits per heavy atom. The highest BCUT2D eigenvalue weighted by atomic mass is 35.5. The normalized spacial score (nSPS) is 11.4. The van der Waals surface area contributed by atoms with Gasteiger partial charge in [0.1, 0.15) is 29.0 Å². The second kappa shape index (κ2) is 20.5. The molecule has 4 aromatic heterocycles. The molecule has 21 heteroatoms. The maximum atomic E-state index is 12.9. The lowest BCUT2D eigenvalue weighted by Gasteiger charge is -2.10. The first-order chi connectivity index (χ1) is 34.0. The number of carboxylic acid groups (broad SMARTS) is 1. The third kappa shape index (κ3) is 11.5. The van der Waals surface area contributed by atoms with Gasteiger partial charge in [0.25, 0.3) is 11.8 Å². The SMILES string of the molecule is O=C(Nc1ccc2ccccc2n1)c1ccc2nc(-c3c(Cl)cc(OCP(=O)(O)O)cc3Cl)[nH]c2c1.O=C(O)CCc1cc(Cl)c(-c2nc3ccc(C(=O)Nc4ccc5ccccc5n4)cc3[nH]2)c(Cl)c1. The summed E-state index contributed by atoms with van der Waals surface area (Å²) >= 11 is 25.7. The Labute approximate surface area is 422 Å². The number of aromatic nitrogens is 6. The van der Waals surface area contributed by atoms with Crippen molar-refractivity contribution in [3.05, 3.63) is 170 Å². The van der Waals surface area contributed by atoms with Gasteiger partial charge >= 0.3 is 13.6 Å². The van der Waals surface area contributed by atoms with Crippen LogP contribution in [-0.2, 0) is 15.8 Å². The van der Waals surface area contributed by atoms with Gasteiger partial charge in [-0.3, -0.25) is 18.9 Å². The number of benzene rings is 6. The zero-order valence-electron chi connectivity index (χ0n) is 36.5. The van der Waals surface area contributed by atoms with Gasteiger partial charge in [-0.15, -0.1) is 0 Å². The highest BCUT2D eigenvalue weighted by molar-refractivity contribution is 7.51. The highest BCUT2D eigenvalue weighted by Gasteiger charge is 2.20. The molecule has 0 spiro atoms. The smallest absolute Gasteiger partial charge is 0.362 e. The number of rotatable bonds is 12. The van der Waals surface area contributed by atoms with Crippen LogP contribution in [0.3, 0.4) is 0 Å². The number of amides is 2. The fraction of sp³-hybridized carbons (Fsp3) is 0.0600. The van der Waals surface area contributed by atoms with E-state index in [-0.39, 0.29) is 34.0 Å². The second-order valence-electron chi connectivity index (χ2n) is 15.8. The summed E-state index contributed by atoms with van der Waals surface area (Å²) in [5.41, 5.74) is 6.46. The number of nitrogens with one attached hydrogen (secondary N) is 4. The molecule has 16 nitrogen and oxygen atoms in total. The number of aromatic amines is 2. The number of carbonyl (C=O) groups excluding carboxylic acids is 2. The summed E-state index contributed by atoms with van der Waals surface area (Å²) in [5, 5.41) is 17.6. The maximum absolute atomic E-state index is 12.9. The number of pyridine rings is 2. The van der Waals surface area contributed by atoms with Gasteiger partial charge in [-0.25, -0.2) is 19.9 Å². The molecule has 0 saturated heterocycles. The quantitative estimate of drug-likeness (QED) is 0.0565. The number of H-pyrrole nitrogens is 2. The number of imidazole rings is 2. The lowest BCUT2D eigenvalue weighted by Crippen LogP contribution is -2.12. The second-order valence-corrected chi connectivity index (χ2v) is 19.1. The van der Waals surface area contributed by atoms with Crippen molar-refractivity contribution in [1.29, 1.82) is 0 Å². The average Bonchev–Trinajstić information content (AvgIpc) is 3.96. The van der Waals surface area contributed by atoms with Crippen molar-refractivity contribution in [2.45, 2.75) is 12.8 Å². The third-order valence-corrected chi connectivity index (χ3v) is 12.4. The Kier molecular flexibility index (Phi) is 14.0. The molecule has 10 rings (SSSR count). The van der Waals surface area contributed by atoms with E-state index in [1.807, 2.05) is 60.7 Å². The number of aliphatic carboxylic acids is 1. The number of hydrogen-bond acceptors (Lipinski definition) is 9. The van der Waals surface area contributed by atoms with Gasteiger partial charge in [0.05, 0.1) is 64.3 Å². The summed E-state index contributed by atoms with van der Waals surface area (Å²) < 4.78 is 16.1. The molecule has 356 valence electrons. The van der Waals surface area contributed by atoms with E-state index in [1.54, 1.807) is 60.7 Å². The van der Waals surface area contributed by atoms with Crippen LogP contribution in [0.25, 0.3) is 66.6 Å². The van der Waals surface area contributed by atoms with E-state index in [9.17, 15) is 18.9 Å². The third-order valence-electron chi connectivity index (χ3n) is 10.8. The van der Waals surface area contributed by atoms with Gasteiger partial charge in [-0.05, 0) is 109 Å². The van der Waals surface area contributed by atoms with Crippen LogP contribution in [0.4, 0.5) is 11.6 Å². The van der Waals surface area contributed by atoms with Crippen LogP contribution in [0.1, 0.15) is 32.7 Å². The van der Waals surface area contributed by atoms with Gasteiger partial charge in [-0.2, -0.15) is 0 Å². The Morgan fingerprint density at radius 2 is 1.01 bits per heavy atom. The van der Waals surface area contributed by atoms with Crippen LogP contribution in [0, 0.1) is 0 Å². The predicted octanol–water partition coefficient (Wildman–Crippen LogP) is 12.2. The predicted molar refractivity (Wildman–Crippen MR) is 276 cm³/mol. The Balaban J connectivity index is 0.000000176. The molecule has 0 fully saturated rings. The molecule has 4 heterocycles. The van der Waals surface area contributed by atoms with Gasteiger partial charge < -0.3 is 40.2 Å². The van der Waals surface area contributed by atoms with Crippen molar-refractivity contribution in [2.24, 2.45) is 0 Å². The fourth-order valence-electron chi connectivity index (χ4n) is 7.45. The molecule has 0 atom stereocenters. The summed E-state index contributed by atoms with van der Waals surface area (Å²) in [7, 11) is -4.36. The molecular weight excluding hydrogens is 1010 g/mol. The van der Waals surface area contributed by atoms with Crippen LogP contribution in [0.15, 0.2) is 133 Å². The molecule has 0 aliphatic rings. The Bertz CT molecular complexity index is 3740. The van der Waals surface area contributed by atoms with Gasteiger partial charge in [0, 0.05) is 28.3 Å². The van der Waals surface area contributed by atoms with E-state index in [0.717, 1.165) is 27.4 Å². The van der Waals surface area contributed by atoms with Crippen LogP contribution in [-0.4, -0.2) is 68.9 Å². The van der Waals surface area contributed by atoms with Crippen LogP contribution in [0.5, 0.6) is 5.75 Å². The standard InChI is InChI=1S/C26H18Cl2N4O3.C24H17Cl2N4O5P/c27-17-11-14(5-10-23(33)34)12-18(28)24(17)25-30-20-8-6-16(13-21(20)31-25)26(35)32-22-9-7-15-3-1-2-4-19(15)29-22;25-16-10-15(35-12-36(32,33)34)11-17(26)22(16)23-28-19-7-5-14(9-20(19)29-23)24(31)30-21-8-6-13-3-1-2-4-18(13)27-21/h1-4,6-9,11-13H,5,10H2,(H,30,31)(H,33,34)(H,29,32,35);1-11H,12H2,(H,28,29)(H,27,30,31)(H2,32,33,34). The van der Waals surface area contributed by atoms with Gasteiger partial charge in [-0.1, -0.05) is 82.8 Å². The molecule has 0 aliphatic heterocycles. The first-order valence-corrected chi connectivity index (χ1v) is 24.6. The number of ether oxygens (including phenoxy) is 1. The van der Waals surface area contributed by atoms with E-state index in [1.165, 1.54) is 12.1 Å². The van der Waals surface area contributed by atoms with E-state index in [4.69, 9.17) is 66.0 Å². The van der Waals surface area contributed by atoms with Crippen LogP contribution >= 0.6 is 54.0 Å². The van der Waals surface area contributed by atoms with E-state index < -0.39 is 19.9 Å². The monoisotopic (exact) mass is 1050 g/mol. The van der Waals surface area contributed by atoms with Crippen molar-refractivity contribution in [3.8, 4) is 28.5 Å². The van der Waals surface area contributed by atoms with Crippen molar-refractivity contribution < 1.29 is 38.6 Å². The number of anilines is 2. The van der Waals surface area contributed by atoms with Crippen LogP contribution in [0.2, 0.25) is 20.1 Å². The van der Waals surface area contributed by atoms with Gasteiger partial charge in [0.15, 0.2) is 6.35 Å².